The van der Waals surface area contributed by atoms with E-state index in [0.29, 0.717) is 17.1 Å². The molecule has 0 spiro atoms. The number of nitrogens with one attached hydrogen (secondary N) is 1. The van der Waals surface area contributed by atoms with Crippen molar-refractivity contribution in [2.75, 3.05) is 5.32 Å². The third kappa shape index (κ3) is 2.76. The summed E-state index contributed by atoms with van der Waals surface area (Å²) in [5.41, 5.74) is 0.327. The van der Waals surface area contributed by atoms with Crippen LogP contribution in [0.2, 0.25) is 5.02 Å². The molecule has 0 saturated carbocycles. The molecular formula is C12H10ClF2NS. The molecule has 0 unspecified atom stereocenters. The molecule has 90 valence electrons. The summed E-state index contributed by atoms with van der Waals surface area (Å²) in [6.45, 7) is 1.96. The normalized spacial score (nSPS) is 10.6. The first-order valence-electron chi connectivity index (χ1n) is 4.99. The highest BCUT2D eigenvalue weighted by molar-refractivity contribution is 7.10. The van der Waals surface area contributed by atoms with Gasteiger partial charge in [0.05, 0.1) is 5.02 Å². The number of hydrogen-bond donors (Lipinski definition) is 1. The average molecular weight is 274 g/mol. The first-order valence-corrected chi connectivity index (χ1v) is 6.25. The summed E-state index contributed by atoms with van der Waals surface area (Å²) in [6, 6.07) is 4.44. The van der Waals surface area contributed by atoms with E-state index in [1.165, 1.54) is 23.5 Å². The summed E-state index contributed by atoms with van der Waals surface area (Å²) < 4.78 is 27.1. The minimum atomic E-state index is -0.587. The van der Waals surface area contributed by atoms with Crippen molar-refractivity contribution in [1.29, 1.82) is 0 Å². The van der Waals surface area contributed by atoms with Gasteiger partial charge in [-0.15, -0.1) is 11.3 Å². The molecule has 2 rings (SSSR count). The van der Waals surface area contributed by atoms with E-state index in [2.05, 4.69) is 5.32 Å². The van der Waals surface area contributed by atoms with Crippen LogP contribution in [0.3, 0.4) is 0 Å². The molecule has 0 radical (unpaired) electrons. The van der Waals surface area contributed by atoms with Crippen LogP contribution < -0.4 is 5.32 Å². The van der Waals surface area contributed by atoms with Crippen molar-refractivity contribution in [3.8, 4) is 0 Å². The zero-order valence-corrected chi connectivity index (χ0v) is 10.6. The zero-order chi connectivity index (χ0) is 12.4. The van der Waals surface area contributed by atoms with Gasteiger partial charge in [0, 0.05) is 16.8 Å². The Morgan fingerprint density at radius 3 is 2.76 bits per heavy atom. The van der Waals surface area contributed by atoms with Crippen molar-refractivity contribution >= 4 is 28.6 Å². The molecule has 0 atom stereocenters. The van der Waals surface area contributed by atoms with E-state index < -0.39 is 11.6 Å². The van der Waals surface area contributed by atoms with E-state index in [-0.39, 0.29) is 5.69 Å². The Kier molecular flexibility index (Phi) is 3.64. The second-order valence-corrected chi connectivity index (χ2v) is 5.07. The Morgan fingerprint density at radius 2 is 2.12 bits per heavy atom. The van der Waals surface area contributed by atoms with Crippen LogP contribution in [0.5, 0.6) is 0 Å². The molecule has 0 aliphatic heterocycles. The fraction of sp³-hybridized carbons (Fsp3) is 0.167. The van der Waals surface area contributed by atoms with Crippen LogP contribution >= 0.6 is 22.9 Å². The van der Waals surface area contributed by atoms with E-state index in [1.807, 2.05) is 0 Å². The molecule has 0 aliphatic carbocycles. The van der Waals surface area contributed by atoms with Gasteiger partial charge in [-0.2, -0.15) is 0 Å². The van der Waals surface area contributed by atoms with Crippen molar-refractivity contribution in [1.82, 2.24) is 0 Å². The number of halogens is 3. The first kappa shape index (κ1) is 12.3. The topological polar surface area (TPSA) is 12.0 Å². The van der Waals surface area contributed by atoms with E-state index in [1.54, 1.807) is 18.4 Å². The summed E-state index contributed by atoms with van der Waals surface area (Å²) in [6.07, 6.45) is 0. The summed E-state index contributed by atoms with van der Waals surface area (Å²) in [5.74, 6) is -1.14. The SMILES string of the molecule is Cc1ccc(F)c(NCc2cc(Cl)cs2)c1F. The lowest BCUT2D eigenvalue weighted by atomic mass is 10.2. The molecule has 5 heteroatoms. The number of aryl methyl sites for hydroxylation is 1. The maximum Gasteiger partial charge on any atom is 0.152 e. The molecule has 1 heterocycles. The van der Waals surface area contributed by atoms with Crippen LogP contribution in [-0.4, -0.2) is 0 Å². The predicted molar refractivity (Wildman–Crippen MR) is 67.8 cm³/mol. The second kappa shape index (κ2) is 5.02. The van der Waals surface area contributed by atoms with Crippen LogP contribution in [0, 0.1) is 18.6 Å². The minimum Gasteiger partial charge on any atom is -0.375 e. The summed E-state index contributed by atoms with van der Waals surface area (Å²) >= 11 is 7.21. The third-order valence-electron chi connectivity index (χ3n) is 2.35. The maximum absolute atomic E-state index is 13.6. The molecule has 1 N–H and O–H groups in total. The van der Waals surface area contributed by atoms with Crippen molar-refractivity contribution < 1.29 is 8.78 Å². The van der Waals surface area contributed by atoms with Gasteiger partial charge < -0.3 is 5.32 Å². The molecule has 1 aromatic heterocycles. The van der Waals surface area contributed by atoms with Gasteiger partial charge in [-0.1, -0.05) is 17.7 Å². The van der Waals surface area contributed by atoms with Crippen molar-refractivity contribution in [3.05, 3.63) is 50.7 Å². The molecule has 2 aromatic rings. The van der Waals surface area contributed by atoms with E-state index in [0.717, 1.165) is 4.88 Å². The lowest BCUT2D eigenvalue weighted by molar-refractivity contribution is 0.582. The maximum atomic E-state index is 13.6. The van der Waals surface area contributed by atoms with Gasteiger partial charge in [0.25, 0.3) is 0 Å². The molecule has 1 aromatic carbocycles. The molecule has 0 aliphatic rings. The summed E-state index contributed by atoms with van der Waals surface area (Å²) in [4.78, 5) is 0.926. The molecule has 0 fully saturated rings. The Morgan fingerprint density at radius 1 is 1.35 bits per heavy atom. The summed E-state index contributed by atoms with van der Waals surface area (Å²) in [7, 11) is 0. The largest absolute Gasteiger partial charge is 0.375 e. The highest BCUT2D eigenvalue weighted by atomic mass is 35.5. The highest BCUT2D eigenvalue weighted by Gasteiger charge is 2.11. The van der Waals surface area contributed by atoms with Crippen LogP contribution in [-0.2, 0) is 6.54 Å². The van der Waals surface area contributed by atoms with E-state index in [9.17, 15) is 8.78 Å². The van der Waals surface area contributed by atoms with E-state index >= 15 is 0 Å². The van der Waals surface area contributed by atoms with Crippen LogP contribution in [0.1, 0.15) is 10.4 Å². The number of benzene rings is 1. The molecule has 0 saturated heterocycles. The first-order chi connectivity index (χ1) is 8.08. The molecule has 0 amide bonds. The Balaban J connectivity index is 2.16. The highest BCUT2D eigenvalue weighted by Crippen LogP contribution is 2.24. The Bertz CT molecular complexity index is 539. The van der Waals surface area contributed by atoms with Crippen LogP contribution in [0.15, 0.2) is 23.6 Å². The average Bonchev–Trinajstić information content (AvgIpc) is 2.70. The second-order valence-electron chi connectivity index (χ2n) is 3.64. The van der Waals surface area contributed by atoms with Gasteiger partial charge in [0.2, 0.25) is 0 Å². The fourth-order valence-electron chi connectivity index (χ4n) is 1.44. The number of thiophene rings is 1. The van der Waals surface area contributed by atoms with Crippen molar-refractivity contribution in [3.63, 3.8) is 0 Å². The Labute approximate surface area is 107 Å². The van der Waals surface area contributed by atoms with Gasteiger partial charge in [-0.3, -0.25) is 0 Å². The third-order valence-corrected chi connectivity index (χ3v) is 3.63. The van der Waals surface area contributed by atoms with Gasteiger partial charge in [0.1, 0.15) is 11.5 Å². The van der Waals surface area contributed by atoms with Crippen molar-refractivity contribution in [2.24, 2.45) is 0 Å². The molecule has 17 heavy (non-hydrogen) atoms. The zero-order valence-electron chi connectivity index (χ0n) is 9.06. The number of hydrogen-bond acceptors (Lipinski definition) is 2. The van der Waals surface area contributed by atoms with Crippen LogP contribution in [0.25, 0.3) is 0 Å². The predicted octanol–water partition coefficient (Wildman–Crippen LogP) is 4.60. The van der Waals surface area contributed by atoms with E-state index in [4.69, 9.17) is 11.6 Å². The van der Waals surface area contributed by atoms with Gasteiger partial charge in [0.15, 0.2) is 5.82 Å². The fourth-order valence-corrected chi connectivity index (χ4v) is 2.45. The standard InChI is InChI=1S/C12H10ClF2NS/c1-7-2-3-10(14)12(11(7)15)16-5-9-4-8(13)6-17-9/h2-4,6,16H,5H2,1H3. The molecule has 0 bridgehead atoms. The summed E-state index contributed by atoms with van der Waals surface area (Å²) in [5, 5.41) is 5.17. The minimum absolute atomic E-state index is 0.0884. The lowest BCUT2D eigenvalue weighted by Crippen LogP contribution is -2.03. The van der Waals surface area contributed by atoms with Crippen molar-refractivity contribution in [2.45, 2.75) is 13.5 Å². The van der Waals surface area contributed by atoms with Gasteiger partial charge in [-0.05, 0) is 24.6 Å². The Hall–Kier alpha value is -1.13. The van der Waals surface area contributed by atoms with Gasteiger partial charge in [-0.25, -0.2) is 8.78 Å². The smallest absolute Gasteiger partial charge is 0.152 e. The lowest BCUT2D eigenvalue weighted by Gasteiger charge is -2.09. The molecular weight excluding hydrogens is 264 g/mol. The van der Waals surface area contributed by atoms with Gasteiger partial charge >= 0.3 is 0 Å². The monoisotopic (exact) mass is 273 g/mol. The molecule has 1 nitrogen and oxygen atoms in total. The van der Waals surface area contributed by atoms with Crippen LogP contribution in [0.4, 0.5) is 14.5 Å². The number of anilines is 1. The number of rotatable bonds is 3. The quantitative estimate of drug-likeness (QED) is 0.862.